The number of hydrogen-bond acceptors (Lipinski definition) is 6. The van der Waals surface area contributed by atoms with Crippen molar-refractivity contribution in [2.45, 2.75) is 32.5 Å². The lowest BCUT2D eigenvalue weighted by Crippen LogP contribution is -2.56. The molecule has 2 amide bonds. The first-order valence-electron chi connectivity index (χ1n) is 9.55. The van der Waals surface area contributed by atoms with Crippen molar-refractivity contribution in [2.24, 2.45) is 0 Å². The predicted octanol–water partition coefficient (Wildman–Crippen LogP) is 1.61. The minimum Gasteiger partial charge on any atom is -0.493 e. The minimum atomic E-state index is -0.540. The number of aryl methyl sites for hydroxylation is 1. The maximum atomic E-state index is 12.6. The molecule has 0 unspecified atom stereocenters. The number of para-hydroxylation sites is 1. The lowest BCUT2D eigenvalue weighted by atomic mass is 10.1. The second kappa shape index (κ2) is 9.47. The van der Waals surface area contributed by atoms with Crippen LogP contribution in [0.3, 0.4) is 0 Å². The Kier molecular flexibility index (Phi) is 6.77. The van der Waals surface area contributed by atoms with E-state index in [9.17, 15) is 9.59 Å². The Morgan fingerprint density at radius 2 is 2.10 bits per heavy atom. The molecule has 0 radical (unpaired) electrons. The molecule has 156 valence electrons. The van der Waals surface area contributed by atoms with Gasteiger partial charge >= 0.3 is 0 Å². The number of ether oxygens (including phenoxy) is 2. The van der Waals surface area contributed by atoms with Crippen LogP contribution in [-0.2, 0) is 22.7 Å². The Labute approximate surface area is 170 Å². The average molecular weight is 401 g/mol. The highest BCUT2D eigenvalue weighted by Crippen LogP contribution is 2.30. The highest BCUT2D eigenvalue weighted by Gasteiger charge is 2.32. The van der Waals surface area contributed by atoms with Gasteiger partial charge in [-0.3, -0.25) is 14.5 Å². The quantitative estimate of drug-likeness (QED) is 0.698. The number of amides is 2. The summed E-state index contributed by atoms with van der Waals surface area (Å²) in [6, 6.07) is 8.74. The molecule has 29 heavy (non-hydrogen) atoms. The first kappa shape index (κ1) is 20.7. The van der Waals surface area contributed by atoms with Crippen molar-refractivity contribution < 1.29 is 23.5 Å². The molecule has 2 heterocycles. The Morgan fingerprint density at radius 1 is 1.28 bits per heavy atom. The van der Waals surface area contributed by atoms with E-state index in [4.69, 9.17) is 13.9 Å². The molecule has 3 rings (SSSR count). The van der Waals surface area contributed by atoms with Crippen LogP contribution in [0.15, 0.2) is 34.7 Å². The number of hydrogen-bond donors (Lipinski definition) is 2. The normalized spacial score (nSPS) is 16.9. The number of nitrogens with one attached hydrogen (secondary N) is 2. The van der Waals surface area contributed by atoms with Crippen molar-refractivity contribution in [2.75, 3.05) is 27.3 Å². The zero-order valence-corrected chi connectivity index (χ0v) is 17.0. The van der Waals surface area contributed by atoms with Crippen LogP contribution in [0, 0.1) is 6.92 Å². The highest BCUT2D eigenvalue weighted by atomic mass is 16.5. The lowest BCUT2D eigenvalue weighted by Gasteiger charge is -2.34. The summed E-state index contributed by atoms with van der Waals surface area (Å²) in [5.74, 6) is 2.43. The van der Waals surface area contributed by atoms with Gasteiger partial charge in [0.2, 0.25) is 11.8 Å². The first-order valence-corrected chi connectivity index (χ1v) is 9.55. The van der Waals surface area contributed by atoms with Gasteiger partial charge < -0.3 is 24.5 Å². The van der Waals surface area contributed by atoms with E-state index in [1.54, 1.807) is 20.3 Å². The van der Waals surface area contributed by atoms with Gasteiger partial charge in [0.1, 0.15) is 11.5 Å². The molecule has 1 aliphatic heterocycles. The van der Waals surface area contributed by atoms with E-state index in [1.807, 2.05) is 36.1 Å². The van der Waals surface area contributed by atoms with Crippen LogP contribution < -0.4 is 20.1 Å². The predicted molar refractivity (Wildman–Crippen MR) is 107 cm³/mol. The van der Waals surface area contributed by atoms with E-state index in [0.29, 0.717) is 31.1 Å². The fourth-order valence-corrected chi connectivity index (χ4v) is 3.48. The van der Waals surface area contributed by atoms with Crippen LogP contribution in [0.4, 0.5) is 0 Å². The van der Waals surface area contributed by atoms with Gasteiger partial charge in [-0.2, -0.15) is 0 Å². The zero-order valence-electron chi connectivity index (χ0n) is 17.0. The Bertz CT molecular complexity index is 864. The molecule has 1 atom stereocenters. The zero-order chi connectivity index (χ0) is 20.8. The van der Waals surface area contributed by atoms with Gasteiger partial charge in [0, 0.05) is 25.2 Å². The monoisotopic (exact) mass is 401 g/mol. The molecule has 1 fully saturated rings. The molecule has 0 bridgehead atoms. The molecule has 0 aliphatic carbocycles. The van der Waals surface area contributed by atoms with Crippen molar-refractivity contribution in [3.63, 3.8) is 0 Å². The van der Waals surface area contributed by atoms with Crippen molar-refractivity contribution in [1.82, 2.24) is 15.5 Å². The number of nitrogens with zero attached hydrogens (tertiary/aromatic N) is 1. The number of furan rings is 1. The maximum absolute atomic E-state index is 12.6. The molecule has 8 heteroatoms. The number of carbonyl (C=O) groups excluding carboxylic acids is 2. The van der Waals surface area contributed by atoms with Crippen LogP contribution in [0.2, 0.25) is 0 Å². The molecule has 1 saturated heterocycles. The van der Waals surface area contributed by atoms with Gasteiger partial charge in [0.25, 0.3) is 0 Å². The maximum Gasteiger partial charge on any atom is 0.237 e. The minimum absolute atomic E-state index is 0.0673. The summed E-state index contributed by atoms with van der Waals surface area (Å²) in [4.78, 5) is 26.9. The van der Waals surface area contributed by atoms with Crippen molar-refractivity contribution in [3.8, 4) is 11.5 Å². The molecule has 1 aromatic carbocycles. The Balaban J connectivity index is 1.62. The molecule has 0 saturated carbocycles. The van der Waals surface area contributed by atoms with E-state index in [2.05, 4.69) is 10.6 Å². The highest BCUT2D eigenvalue weighted by molar-refractivity contribution is 5.88. The molecular formula is C21H27N3O5. The number of methoxy groups -OCH3 is 2. The van der Waals surface area contributed by atoms with Crippen LogP contribution in [-0.4, -0.2) is 50.1 Å². The van der Waals surface area contributed by atoms with E-state index in [0.717, 1.165) is 17.1 Å². The summed E-state index contributed by atoms with van der Waals surface area (Å²) >= 11 is 0. The molecule has 2 N–H and O–H groups in total. The van der Waals surface area contributed by atoms with Crippen LogP contribution in [0.25, 0.3) is 0 Å². The summed E-state index contributed by atoms with van der Waals surface area (Å²) in [5.41, 5.74) is 0.802. The third-order valence-corrected chi connectivity index (χ3v) is 4.94. The number of benzene rings is 1. The van der Waals surface area contributed by atoms with E-state index < -0.39 is 6.04 Å². The van der Waals surface area contributed by atoms with Gasteiger partial charge in [-0.1, -0.05) is 12.1 Å². The standard InChI is InChI=1S/C21H27N3O5/c1-14-7-8-16(29-14)13-24-10-9-22-21(26)17(24)11-19(25)23-12-15-5-4-6-18(27-2)20(15)28-3/h4-8,17H,9-13H2,1-3H3,(H,22,26)(H,23,25)/t17-/m1/s1. The lowest BCUT2D eigenvalue weighted by molar-refractivity contribution is -0.134. The molecule has 1 aliphatic rings. The van der Waals surface area contributed by atoms with Crippen LogP contribution in [0.5, 0.6) is 11.5 Å². The van der Waals surface area contributed by atoms with Crippen molar-refractivity contribution in [3.05, 3.63) is 47.4 Å². The molecular weight excluding hydrogens is 374 g/mol. The van der Waals surface area contributed by atoms with Gasteiger partial charge in [0.15, 0.2) is 11.5 Å². The summed E-state index contributed by atoms with van der Waals surface area (Å²) in [6.07, 6.45) is 0.0673. The number of carbonyl (C=O) groups is 2. The topological polar surface area (TPSA) is 93.0 Å². The summed E-state index contributed by atoms with van der Waals surface area (Å²) in [6.45, 7) is 3.86. The van der Waals surface area contributed by atoms with E-state index >= 15 is 0 Å². The van der Waals surface area contributed by atoms with Gasteiger partial charge in [-0.25, -0.2) is 0 Å². The number of rotatable bonds is 8. The summed E-state index contributed by atoms with van der Waals surface area (Å²) in [7, 11) is 3.13. The average Bonchev–Trinajstić information content (AvgIpc) is 3.13. The fourth-order valence-electron chi connectivity index (χ4n) is 3.48. The molecule has 0 spiro atoms. The summed E-state index contributed by atoms with van der Waals surface area (Å²) in [5, 5.41) is 5.71. The smallest absolute Gasteiger partial charge is 0.237 e. The van der Waals surface area contributed by atoms with Gasteiger partial charge in [-0.05, 0) is 25.1 Å². The molecule has 1 aromatic heterocycles. The largest absolute Gasteiger partial charge is 0.493 e. The van der Waals surface area contributed by atoms with E-state index in [-0.39, 0.29) is 24.8 Å². The second-order valence-corrected chi connectivity index (χ2v) is 6.92. The van der Waals surface area contributed by atoms with Crippen molar-refractivity contribution in [1.29, 1.82) is 0 Å². The SMILES string of the molecule is COc1cccc(CNC(=O)C[C@@H]2C(=O)NCCN2Cc2ccc(C)o2)c1OC. The van der Waals surface area contributed by atoms with Crippen molar-refractivity contribution >= 4 is 11.8 Å². The van der Waals surface area contributed by atoms with Gasteiger partial charge in [-0.15, -0.1) is 0 Å². The number of piperazine rings is 1. The van der Waals surface area contributed by atoms with E-state index in [1.165, 1.54) is 0 Å². The Hall–Kier alpha value is -3.00. The summed E-state index contributed by atoms with van der Waals surface area (Å²) < 4.78 is 16.3. The third-order valence-electron chi connectivity index (χ3n) is 4.94. The fraction of sp³-hybridized carbons (Fsp3) is 0.429. The Morgan fingerprint density at radius 3 is 2.79 bits per heavy atom. The third kappa shape index (κ3) is 5.08. The van der Waals surface area contributed by atoms with Crippen LogP contribution >= 0.6 is 0 Å². The second-order valence-electron chi connectivity index (χ2n) is 6.92. The molecule has 2 aromatic rings. The van der Waals surface area contributed by atoms with Gasteiger partial charge in [0.05, 0.1) is 33.2 Å². The first-order chi connectivity index (χ1) is 14.0. The van der Waals surface area contributed by atoms with Crippen LogP contribution in [0.1, 0.15) is 23.5 Å². The molecule has 8 nitrogen and oxygen atoms in total.